The molecule has 0 radical (unpaired) electrons. The van der Waals surface area contributed by atoms with Crippen molar-refractivity contribution in [3.05, 3.63) is 41.5 Å². The number of carbonyl (C=O) groups excluding carboxylic acids is 4. The molecule has 18 heteroatoms. The van der Waals surface area contributed by atoms with Crippen LogP contribution in [0, 0.1) is 5.92 Å². The van der Waals surface area contributed by atoms with Crippen molar-refractivity contribution in [1.29, 1.82) is 0 Å². The Balaban J connectivity index is 1.48. The van der Waals surface area contributed by atoms with Crippen LogP contribution in [0.4, 0.5) is 0 Å². The highest BCUT2D eigenvalue weighted by molar-refractivity contribution is 5.92. The average Bonchev–Trinajstić information content (AvgIpc) is 3.21. The lowest BCUT2D eigenvalue weighted by atomic mass is 9.97. The van der Waals surface area contributed by atoms with E-state index in [0.717, 1.165) is 5.56 Å². The van der Waals surface area contributed by atoms with Gasteiger partial charge in [-0.05, 0) is 64.3 Å². The van der Waals surface area contributed by atoms with Gasteiger partial charge in [-0.3, -0.25) is 19.2 Å². The second-order valence-corrected chi connectivity index (χ2v) is 15.1. The van der Waals surface area contributed by atoms with E-state index in [4.69, 9.17) is 28.4 Å². The minimum atomic E-state index is -1.81. The van der Waals surface area contributed by atoms with Gasteiger partial charge in [-0.1, -0.05) is 32.1 Å². The summed E-state index contributed by atoms with van der Waals surface area (Å²) in [5, 5.41) is 60.0. The van der Waals surface area contributed by atoms with Crippen molar-refractivity contribution >= 4 is 23.8 Å². The molecule has 1 aromatic rings. The molecule has 18 nitrogen and oxygen atoms in total. The number of esters is 2. The molecular weight excluding hydrogens is 762 g/mol. The molecule has 0 saturated carbocycles. The maximum Gasteiger partial charge on any atom is 0.308 e. The summed E-state index contributed by atoms with van der Waals surface area (Å²) in [5.74, 6) is -1.57. The van der Waals surface area contributed by atoms with Gasteiger partial charge in [0.15, 0.2) is 12.4 Å². The number of allylic oxidation sites excluding steroid dienone is 1. The van der Waals surface area contributed by atoms with Crippen LogP contribution >= 0.6 is 0 Å². The minimum Gasteiger partial charge on any atom is -0.463 e. The maximum absolute atomic E-state index is 13.1. The van der Waals surface area contributed by atoms with E-state index in [1.54, 1.807) is 62.9 Å². The average molecular weight is 824 g/mol. The molecule has 58 heavy (non-hydrogen) atoms. The number of amides is 2. The molecule has 3 aliphatic heterocycles. The van der Waals surface area contributed by atoms with Gasteiger partial charge in [0, 0.05) is 38.0 Å². The molecular formula is C40H61N3O15. The van der Waals surface area contributed by atoms with Crippen molar-refractivity contribution < 1.29 is 73.1 Å². The van der Waals surface area contributed by atoms with Gasteiger partial charge in [0.25, 0.3) is 0 Å². The van der Waals surface area contributed by atoms with Gasteiger partial charge in [0.1, 0.15) is 55.1 Å². The predicted molar refractivity (Wildman–Crippen MR) is 205 cm³/mol. The Kier molecular flexibility index (Phi) is 17.8. The molecule has 326 valence electrons. The van der Waals surface area contributed by atoms with Crippen molar-refractivity contribution in [1.82, 2.24) is 15.5 Å². The van der Waals surface area contributed by atoms with Crippen LogP contribution < -0.4 is 15.4 Å². The Bertz CT molecular complexity index is 1550. The first kappa shape index (κ1) is 47.0. The molecule has 0 bridgehead atoms. The van der Waals surface area contributed by atoms with Crippen LogP contribution in [0.1, 0.15) is 78.8 Å². The first-order valence-corrected chi connectivity index (χ1v) is 19.9. The van der Waals surface area contributed by atoms with Crippen molar-refractivity contribution in [2.75, 3.05) is 32.8 Å². The largest absolute Gasteiger partial charge is 0.463 e. The fourth-order valence-corrected chi connectivity index (χ4v) is 6.75. The van der Waals surface area contributed by atoms with Gasteiger partial charge in [-0.25, -0.2) is 0 Å². The summed E-state index contributed by atoms with van der Waals surface area (Å²) in [6.45, 7) is 10.6. The lowest BCUT2D eigenvalue weighted by Gasteiger charge is -2.45. The summed E-state index contributed by atoms with van der Waals surface area (Å²) in [4.78, 5) is 52.0. The van der Waals surface area contributed by atoms with Crippen molar-refractivity contribution in [3.8, 4) is 5.75 Å². The standard InChI is InChI=1S/C40H61N3O15/c1-7-21(3)37(51)43-17-9-15-42-30(45)18-28(41-16-14-27(19-43)55-24(6)44)25-10-12-26(13-11-25)56-40-36(34(49)31(46)23(5)54-40)58-39-35(50)33(48)32(47)29(57-39)20-53-38(52)22(4)8-2/h7,10-13,22-23,27-29,31-36,39-41,46-50H,8-9,14-20H2,1-6H3,(H,42,45)/b21-7+/t22?,23-,27?,28?,29+,31-,32+,33-,34+,35+,36+,39-,40-/m0/s1. The maximum atomic E-state index is 13.1. The topological polar surface area (TPSA) is 252 Å². The van der Waals surface area contributed by atoms with E-state index in [2.05, 4.69) is 10.6 Å². The summed E-state index contributed by atoms with van der Waals surface area (Å²) in [6, 6.07) is 6.21. The second-order valence-electron chi connectivity index (χ2n) is 15.1. The molecule has 3 aliphatic rings. The van der Waals surface area contributed by atoms with Gasteiger partial charge in [0.05, 0.1) is 18.6 Å². The summed E-state index contributed by atoms with van der Waals surface area (Å²) >= 11 is 0. The quantitative estimate of drug-likeness (QED) is 0.114. The monoisotopic (exact) mass is 823 g/mol. The van der Waals surface area contributed by atoms with Crippen LogP contribution in [0.2, 0.25) is 0 Å². The highest BCUT2D eigenvalue weighted by atomic mass is 16.8. The number of nitrogens with one attached hydrogen (secondary N) is 2. The molecule has 2 amide bonds. The second kappa shape index (κ2) is 22.0. The summed E-state index contributed by atoms with van der Waals surface area (Å²) in [6.07, 6.45) is -12.5. The number of nitrogens with zero attached hydrogens (tertiary/aromatic N) is 1. The summed E-state index contributed by atoms with van der Waals surface area (Å²) < 4.78 is 34.4. The highest BCUT2D eigenvalue weighted by Gasteiger charge is 2.51. The Morgan fingerprint density at radius 3 is 2.33 bits per heavy atom. The molecule has 13 atom stereocenters. The van der Waals surface area contributed by atoms with Crippen LogP contribution in [0.15, 0.2) is 35.9 Å². The van der Waals surface area contributed by atoms with Crippen molar-refractivity contribution in [2.45, 2.75) is 141 Å². The van der Waals surface area contributed by atoms with E-state index in [0.29, 0.717) is 44.5 Å². The van der Waals surface area contributed by atoms with Crippen LogP contribution in [0.25, 0.3) is 0 Å². The van der Waals surface area contributed by atoms with Gasteiger partial charge < -0.3 is 69.5 Å². The fourth-order valence-electron chi connectivity index (χ4n) is 6.75. The number of hydrogen-bond acceptors (Lipinski definition) is 16. The van der Waals surface area contributed by atoms with E-state index >= 15 is 0 Å². The third-order valence-corrected chi connectivity index (χ3v) is 10.7. The first-order valence-electron chi connectivity index (χ1n) is 19.9. The molecule has 3 unspecified atom stereocenters. The third kappa shape index (κ3) is 12.6. The summed E-state index contributed by atoms with van der Waals surface area (Å²) in [7, 11) is 0. The Hall–Kier alpha value is -3.72. The van der Waals surface area contributed by atoms with E-state index in [1.807, 2.05) is 0 Å². The third-order valence-electron chi connectivity index (χ3n) is 10.7. The lowest BCUT2D eigenvalue weighted by Crippen LogP contribution is -2.64. The molecule has 0 spiro atoms. The Labute approximate surface area is 338 Å². The zero-order valence-corrected chi connectivity index (χ0v) is 34.0. The first-order chi connectivity index (χ1) is 27.5. The molecule has 0 aliphatic carbocycles. The Morgan fingerprint density at radius 2 is 1.67 bits per heavy atom. The number of carbonyl (C=O) groups is 4. The van der Waals surface area contributed by atoms with Crippen LogP contribution in [0.3, 0.4) is 0 Å². The fraction of sp³-hybridized carbons (Fsp3) is 0.700. The molecule has 3 saturated heterocycles. The number of rotatable bonds is 11. The number of ether oxygens (including phenoxy) is 6. The van der Waals surface area contributed by atoms with E-state index < -0.39 is 98.0 Å². The lowest BCUT2D eigenvalue weighted by molar-refractivity contribution is -0.355. The zero-order valence-electron chi connectivity index (χ0n) is 34.0. The van der Waals surface area contributed by atoms with Gasteiger partial charge in [-0.15, -0.1) is 0 Å². The minimum absolute atomic E-state index is 0.0735. The van der Waals surface area contributed by atoms with Crippen molar-refractivity contribution in [3.63, 3.8) is 0 Å². The number of aliphatic hydroxyl groups excluding tert-OH is 5. The smallest absolute Gasteiger partial charge is 0.308 e. The van der Waals surface area contributed by atoms with Crippen LogP contribution in [-0.4, -0.2) is 154 Å². The van der Waals surface area contributed by atoms with Gasteiger partial charge in [0.2, 0.25) is 18.1 Å². The molecule has 1 aromatic carbocycles. The molecule has 3 heterocycles. The predicted octanol–water partition coefficient (Wildman–Crippen LogP) is -0.0286. The van der Waals surface area contributed by atoms with E-state index in [9.17, 15) is 44.7 Å². The molecule has 3 fully saturated rings. The normalized spacial score (nSPS) is 33.7. The van der Waals surface area contributed by atoms with Gasteiger partial charge >= 0.3 is 11.9 Å². The molecule has 0 aromatic heterocycles. The van der Waals surface area contributed by atoms with E-state index in [-0.39, 0.29) is 30.5 Å². The zero-order chi connectivity index (χ0) is 42.7. The SMILES string of the molecule is C/C=C(\C)C(=O)N1CCCNC(=O)CC(c2ccc(O[C@@H]3O[C@@H](C)[C@H](O)[C@@H](O)[C@H]3O[C@@H]3O[C@H](COC(=O)C(C)CC)[C@@H](O)[C@H](O)[C@H]3O)cc2)NCCC(OC(C)=O)C1. The van der Waals surface area contributed by atoms with Crippen molar-refractivity contribution in [2.24, 2.45) is 5.92 Å². The van der Waals surface area contributed by atoms with Crippen LogP contribution in [-0.2, 0) is 42.9 Å². The molecule has 4 rings (SSSR count). The number of benzene rings is 1. The number of aliphatic hydroxyl groups is 5. The van der Waals surface area contributed by atoms with E-state index in [1.165, 1.54) is 13.8 Å². The van der Waals surface area contributed by atoms with Crippen LogP contribution in [0.5, 0.6) is 5.75 Å². The van der Waals surface area contributed by atoms with Gasteiger partial charge in [-0.2, -0.15) is 0 Å². The number of hydrogen-bond donors (Lipinski definition) is 7. The Morgan fingerprint density at radius 1 is 0.966 bits per heavy atom. The summed E-state index contributed by atoms with van der Waals surface area (Å²) in [5.41, 5.74) is 1.28. The highest BCUT2D eigenvalue weighted by Crippen LogP contribution is 2.31. The molecule has 7 N–H and O–H groups in total.